The number of morpholine rings is 1. The Kier molecular flexibility index (Phi) is 5.47. The van der Waals surface area contributed by atoms with Crippen molar-refractivity contribution < 1.29 is 13.2 Å². The molecular formula is C17H17Cl2NO3S. The van der Waals surface area contributed by atoms with Gasteiger partial charge in [-0.3, -0.25) is 0 Å². The second kappa shape index (κ2) is 7.42. The standard InChI is InChI=1S/C17H17Cl2NO3S/c18-14-6-7-15(16(19)10-14)17-11-20(8-9-23-17)24(21,22)12-13-4-2-1-3-5-13/h1-7,10,17H,8-9,11-12H2. The van der Waals surface area contributed by atoms with Gasteiger partial charge in [0.1, 0.15) is 0 Å². The summed E-state index contributed by atoms with van der Waals surface area (Å²) in [6.45, 7) is 0.922. The first-order valence-corrected chi connectivity index (χ1v) is 9.90. The molecule has 1 atom stereocenters. The summed E-state index contributed by atoms with van der Waals surface area (Å²) >= 11 is 12.1. The largest absolute Gasteiger partial charge is 0.371 e. The van der Waals surface area contributed by atoms with Crippen molar-refractivity contribution in [3.63, 3.8) is 0 Å². The van der Waals surface area contributed by atoms with Crippen LogP contribution in [0.5, 0.6) is 0 Å². The zero-order chi connectivity index (χ0) is 17.2. The summed E-state index contributed by atoms with van der Waals surface area (Å²) in [5, 5.41) is 1.02. The van der Waals surface area contributed by atoms with Crippen molar-refractivity contribution in [2.45, 2.75) is 11.9 Å². The monoisotopic (exact) mass is 385 g/mol. The Hall–Kier alpha value is -1.11. The number of sulfonamides is 1. The van der Waals surface area contributed by atoms with Crippen LogP contribution in [0.15, 0.2) is 48.5 Å². The van der Waals surface area contributed by atoms with Crippen molar-refractivity contribution in [2.24, 2.45) is 0 Å². The fraction of sp³-hybridized carbons (Fsp3) is 0.294. The molecule has 0 N–H and O–H groups in total. The molecule has 1 fully saturated rings. The van der Waals surface area contributed by atoms with Crippen molar-refractivity contribution >= 4 is 33.2 Å². The highest BCUT2D eigenvalue weighted by atomic mass is 35.5. The lowest BCUT2D eigenvalue weighted by Crippen LogP contribution is -2.42. The molecule has 128 valence electrons. The average molecular weight is 386 g/mol. The van der Waals surface area contributed by atoms with E-state index in [1.54, 1.807) is 18.2 Å². The first kappa shape index (κ1) is 17.7. The fourth-order valence-electron chi connectivity index (χ4n) is 2.71. The number of nitrogens with zero attached hydrogens (tertiary/aromatic N) is 1. The summed E-state index contributed by atoms with van der Waals surface area (Å²) in [4.78, 5) is 0. The number of halogens is 2. The van der Waals surface area contributed by atoms with E-state index < -0.39 is 16.1 Å². The van der Waals surface area contributed by atoms with E-state index in [0.29, 0.717) is 23.2 Å². The Morgan fingerprint density at radius 1 is 1.12 bits per heavy atom. The van der Waals surface area contributed by atoms with Crippen LogP contribution in [-0.2, 0) is 20.5 Å². The van der Waals surface area contributed by atoms with E-state index in [9.17, 15) is 8.42 Å². The molecule has 1 aliphatic heterocycles. The fourth-order valence-corrected chi connectivity index (χ4v) is 4.75. The predicted octanol–water partition coefficient (Wildman–Crippen LogP) is 3.90. The Balaban J connectivity index is 1.77. The van der Waals surface area contributed by atoms with Gasteiger partial charge in [-0.2, -0.15) is 4.31 Å². The van der Waals surface area contributed by atoms with Gasteiger partial charge in [-0.15, -0.1) is 0 Å². The lowest BCUT2D eigenvalue weighted by atomic mass is 10.1. The molecule has 0 spiro atoms. The highest BCUT2D eigenvalue weighted by Gasteiger charge is 2.31. The van der Waals surface area contributed by atoms with Gasteiger partial charge >= 0.3 is 0 Å². The molecule has 0 bridgehead atoms. The Bertz CT molecular complexity index is 812. The molecule has 1 aliphatic rings. The summed E-state index contributed by atoms with van der Waals surface area (Å²) in [6, 6.07) is 14.3. The van der Waals surface area contributed by atoms with Gasteiger partial charge < -0.3 is 4.74 Å². The highest BCUT2D eigenvalue weighted by Crippen LogP contribution is 2.31. The third-order valence-corrected chi connectivity index (χ3v) is 6.30. The van der Waals surface area contributed by atoms with Gasteiger partial charge in [-0.1, -0.05) is 59.6 Å². The van der Waals surface area contributed by atoms with E-state index in [0.717, 1.165) is 11.1 Å². The van der Waals surface area contributed by atoms with Crippen molar-refractivity contribution in [1.82, 2.24) is 4.31 Å². The summed E-state index contributed by atoms with van der Waals surface area (Å²) < 4.78 is 32.6. The SMILES string of the molecule is O=S(=O)(Cc1ccccc1)N1CCOC(c2ccc(Cl)cc2Cl)C1. The van der Waals surface area contributed by atoms with Crippen LogP contribution in [0, 0.1) is 0 Å². The van der Waals surface area contributed by atoms with Gasteiger partial charge in [0.25, 0.3) is 0 Å². The number of hydrogen-bond donors (Lipinski definition) is 0. The third-order valence-electron chi connectivity index (χ3n) is 3.92. The maximum atomic E-state index is 12.7. The van der Waals surface area contributed by atoms with Crippen molar-refractivity contribution in [3.8, 4) is 0 Å². The van der Waals surface area contributed by atoms with Crippen molar-refractivity contribution in [3.05, 3.63) is 69.7 Å². The van der Waals surface area contributed by atoms with Crippen LogP contribution in [0.25, 0.3) is 0 Å². The topological polar surface area (TPSA) is 46.6 Å². The summed E-state index contributed by atoms with van der Waals surface area (Å²) in [6.07, 6.45) is -0.394. The van der Waals surface area contributed by atoms with Crippen LogP contribution in [0.2, 0.25) is 10.0 Å². The van der Waals surface area contributed by atoms with E-state index in [4.69, 9.17) is 27.9 Å². The van der Waals surface area contributed by atoms with E-state index in [-0.39, 0.29) is 12.3 Å². The molecule has 7 heteroatoms. The zero-order valence-corrected chi connectivity index (χ0v) is 15.2. The molecule has 0 radical (unpaired) electrons. The normalized spacial score (nSPS) is 19.3. The van der Waals surface area contributed by atoms with Crippen LogP contribution < -0.4 is 0 Å². The average Bonchev–Trinajstić information content (AvgIpc) is 2.55. The smallest absolute Gasteiger partial charge is 0.218 e. The first-order chi connectivity index (χ1) is 11.5. The van der Waals surface area contributed by atoms with Crippen molar-refractivity contribution in [1.29, 1.82) is 0 Å². The van der Waals surface area contributed by atoms with Crippen LogP contribution in [0.1, 0.15) is 17.2 Å². The molecule has 0 saturated carbocycles. The summed E-state index contributed by atoms with van der Waals surface area (Å²) in [7, 11) is -3.41. The molecule has 1 saturated heterocycles. The number of hydrogen-bond acceptors (Lipinski definition) is 3. The van der Waals surface area contributed by atoms with E-state index in [1.165, 1.54) is 4.31 Å². The van der Waals surface area contributed by atoms with Crippen molar-refractivity contribution in [2.75, 3.05) is 19.7 Å². The molecule has 2 aromatic rings. The second-order valence-electron chi connectivity index (χ2n) is 5.63. The first-order valence-electron chi connectivity index (χ1n) is 7.54. The van der Waals surface area contributed by atoms with Gasteiger partial charge in [-0.25, -0.2) is 8.42 Å². The van der Waals surface area contributed by atoms with Crippen LogP contribution in [0.4, 0.5) is 0 Å². The molecule has 0 amide bonds. The maximum absolute atomic E-state index is 12.7. The van der Waals surface area contributed by atoms with Gasteiger partial charge in [-0.05, 0) is 17.7 Å². The predicted molar refractivity (Wildman–Crippen MR) is 95.8 cm³/mol. The minimum absolute atomic E-state index is 0.0189. The molecule has 0 aromatic heterocycles. The number of rotatable bonds is 4. The van der Waals surface area contributed by atoms with Crippen LogP contribution in [0.3, 0.4) is 0 Å². The van der Waals surface area contributed by atoms with E-state index in [1.807, 2.05) is 30.3 Å². The van der Waals surface area contributed by atoms with E-state index >= 15 is 0 Å². The molecule has 0 aliphatic carbocycles. The van der Waals surface area contributed by atoms with Gasteiger partial charge in [0.2, 0.25) is 10.0 Å². The van der Waals surface area contributed by atoms with Crippen LogP contribution in [-0.4, -0.2) is 32.4 Å². The lowest BCUT2D eigenvalue weighted by molar-refractivity contribution is -0.00254. The lowest BCUT2D eigenvalue weighted by Gasteiger charge is -2.32. The van der Waals surface area contributed by atoms with E-state index in [2.05, 4.69) is 0 Å². The quantitative estimate of drug-likeness (QED) is 0.801. The molecule has 3 rings (SSSR count). The molecule has 4 nitrogen and oxygen atoms in total. The van der Waals surface area contributed by atoms with Crippen LogP contribution >= 0.6 is 23.2 Å². The highest BCUT2D eigenvalue weighted by molar-refractivity contribution is 7.88. The van der Waals surface area contributed by atoms with Gasteiger partial charge in [0, 0.05) is 28.7 Å². The Labute approximate surface area is 152 Å². The molecular weight excluding hydrogens is 369 g/mol. The number of ether oxygens (including phenoxy) is 1. The Morgan fingerprint density at radius 3 is 2.58 bits per heavy atom. The number of benzene rings is 2. The molecule has 2 aromatic carbocycles. The Morgan fingerprint density at radius 2 is 1.88 bits per heavy atom. The maximum Gasteiger partial charge on any atom is 0.218 e. The second-order valence-corrected chi connectivity index (χ2v) is 8.44. The molecule has 24 heavy (non-hydrogen) atoms. The third kappa shape index (κ3) is 4.10. The molecule has 1 unspecified atom stereocenters. The minimum Gasteiger partial charge on any atom is -0.371 e. The van der Waals surface area contributed by atoms with Gasteiger partial charge in [0.15, 0.2) is 0 Å². The van der Waals surface area contributed by atoms with Gasteiger partial charge in [0.05, 0.1) is 18.5 Å². The summed E-state index contributed by atoms with van der Waals surface area (Å²) in [5.41, 5.74) is 1.52. The molecule has 1 heterocycles. The minimum atomic E-state index is -3.41. The summed E-state index contributed by atoms with van der Waals surface area (Å²) in [5.74, 6) is -0.0189. The zero-order valence-electron chi connectivity index (χ0n) is 12.9.